The molecule has 1 aromatic heterocycles. The summed E-state index contributed by atoms with van der Waals surface area (Å²) in [6.45, 7) is 1.36. The first kappa shape index (κ1) is 10.4. The van der Waals surface area contributed by atoms with Crippen LogP contribution in [0.5, 0.6) is 0 Å². The summed E-state index contributed by atoms with van der Waals surface area (Å²) in [5.74, 6) is 0.105. The average molecular weight is 226 g/mol. The highest BCUT2D eigenvalue weighted by molar-refractivity contribution is 6.31. The van der Waals surface area contributed by atoms with E-state index in [4.69, 9.17) is 11.6 Å². The van der Waals surface area contributed by atoms with Gasteiger partial charge < -0.3 is 10.6 Å². The van der Waals surface area contributed by atoms with Gasteiger partial charge in [0.05, 0.1) is 5.02 Å². The van der Waals surface area contributed by atoms with Crippen molar-refractivity contribution in [2.24, 2.45) is 0 Å². The van der Waals surface area contributed by atoms with Gasteiger partial charge in [-0.3, -0.25) is 9.78 Å². The van der Waals surface area contributed by atoms with Crippen LogP contribution in [0.4, 0.5) is 0 Å². The van der Waals surface area contributed by atoms with Gasteiger partial charge in [-0.05, 0) is 11.6 Å². The Morgan fingerprint density at radius 3 is 3.20 bits per heavy atom. The molecule has 0 bridgehead atoms. The van der Waals surface area contributed by atoms with Crippen LogP contribution in [-0.2, 0) is 11.3 Å². The van der Waals surface area contributed by atoms with Gasteiger partial charge in [0, 0.05) is 37.9 Å². The normalized spacial score (nSPS) is 20.3. The second kappa shape index (κ2) is 4.59. The van der Waals surface area contributed by atoms with Crippen LogP contribution in [0, 0.1) is 0 Å². The van der Waals surface area contributed by atoms with Crippen molar-refractivity contribution in [3.63, 3.8) is 0 Å². The van der Waals surface area contributed by atoms with Crippen LogP contribution < -0.4 is 10.6 Å². The minimum atomic E-state index is 0.105. The van der Waals surface area contributed by atoms with Crippen LogP contribution in [-0.4, -0.2) is 23.5 Å². The predicted molar refractivity (Wildman–Crippen MR) is 57.5 cm³/mol. The Morgan fingerprint density at radius 2 is 2.53 bits per heavy atom. The molecule has 2 heterocycles. The maximum absolute atomic E-state index is 10.9. The standard InChI is InChI=1S/C10H12ClN3O/c11-9-6-12-2-1-7(9)4-13-8-3-10(15)14-5-8/h1-2,6,8,13H,3-5H2,(H,14,15). The number of nitrogens with zero attached hydrogens (tertiary/aromatic N) is 1. The topological polar surface area (TPSA) is 54.0 Å². The van der Waals surface area contributed by atoms with Gasteiger partial charge in [-0.25, -0.2) is 0 Å². The molecule has 1 fully saturated rings. The Bertz CT molecular complexity index is 369. The quantitative estimate of drug-likeness (QED) is 0.797. The Kier molecular flexibility index (Phi) is 3.18. The summed E-state index contributed by atoms with van der Waals surface area (Å²) in [4.78, 5) is 14.9. The van der Waals surface area contributed by atoms with Crippen LogP contribution in [0.15, 0.2) is 18.5 Å². The van der Waals surface area contributed by atoms with E-state index in [2.05, 4.69) is 15.6 Å². The zero-order valence-corrected chi connectivity index (χ0v) is 8.92. The summed E-state index contributed by atoms with van der Waals surface area (Å²) in [5.41, 5.74) is 1.01. The lowest BCUT2D eigenvalue weighted by Crippen LogP contribution is -2.30. The molecule has 2 rings (SSSR count). The number of carbonyl (C=O) groups excluding carboxylic acids is 1. The molecule has 0 radical (unpaired) electrons. The molecule has 0 saturated carbocycles. The van der Waals surface area contributed by atoms with Crippen molar-refractivity contribution in [1.29, 1.82) is 0 Å². The van der Waals surface area contributed by atoms with Crippen LogP contribution in [0.3, 0.4) is 0 Å². The number of halogens is 1. The maximum atomic E-state index is 10.9. The number of pyridine rings is 1. The van der Waals surface area contributed by atoms with E-state index in [1.54, 1.807) is 12.4 Å². The summed E-state index contributed by atoms with van der Waals surface area (Å²) in [7, 11) is 0. The molecule has 0 spiro atoms. The second-order valence-electron chi connectivity index (χ2n) is 3.55. The summed E-state index contributed by atoms with van der Waals surface area (Å²) in [5, 5.41) is 6.70. The number of hydrogen-bond acceptors (Lipinski definition) is 3. The highest BCUT2D eigenvalue weighted by Gasteiger charge is 2.20. The molecular weight excluding hydrogens is 214 g/mol. The third kappa shape index (κ3) is 2.67. The number of carbonyl (C=O) groups is 1. The third-order valence-electron chi connectivity index (χ3n) is 2.42. The van der Waals surface area contributed by atoms with E-state index >= 15 is 0 Å². The zero-order valence-electron chi connectivity index (χ0n) is 8.16. The zero-order chi connectivity index (χ0) is 10.7. The number of aromatic nitrogens is 1. The van der Waals surface area contributed by atoms with Crippen LogP contribution in [0.25, 0.3) is 0 Å². The number of hydrogen-bond donors (Lipinski definition) is 2. The van der Waals surface area contributed by atoms with E-state index in [1.165, 1.54) is 0 Å². The monoisotopic (exact) mass is 225 g/mol. The number of rotatable bonds is 3. The van der Waals surface area contributed by atoms with Crippen molar-refractivity contribution in [2.45, 2.75) is 19.0 Å². The molecular formula is C10H12ClN3O. The van der Waals surface area contributed by atoms with E-state index in [0.717, 1.165) is 5.56 Å². The molecule has 5 heteroatoms. The molecule has 4 nitrogen and oxygen atoms in total. The lowest BCUT2D eigenvalue weighted by molar-refractivity contribution is -0.119. The molecule has 0 aromatic carbocycles. The predicted octanol–water partition coefficient (Wildman–Crippen LogP) is 0.713. The van der Waals surface area contributed by atoms with E-state index in [1.807, 2.05) is 6.07 Å². The molecule has 1 saturated heterocycles. The first-order valence-corrected chi connectivity index (χ1v) is 5.22. The second-order valence-corrected chi connectivity index (χ2v) is 3.96. The van der Waals surface area contributed by atoms with Gasteiger partial charge in [0.15, 0.2) is 0 Å². The van der Waals surface area contributed by atoms with Gasteiger partial charge in [0.1, 0.15) is 0 Å². The van der Waals surface area contributed by atoms with Gasteiger partial charge in [-0.2, -0.15) is 0 Å². The minimum Gasteiger partial charge on any atom is -0.354 e. The van der Waals surface area contributed by atoms with Gasteiger partial charge in [0.25, 0.3) is 0 Å². The van der Waals surface area contributed by atoms with Crippen molar-refractivity contribution in [3.05, 3.63) is 29.0 Å². The van der Waals surface area contributed by atoms with Crippen molar-refractivity contribution in [1.82, 2.24) is 15.6 Å². The van der Waals surface area contributed by atoms with E-state index < -0.39 is 0 Å². The number of amides is 1. The van der Waals surface area contributed by atoms with Gasteiger partial charge in [0.2, 0.25) is 5.91 Å². The summed E-state index contributed by atoms with van der Waals surface area (Å²) in [6, 6.07) is 2.08. The molecule has 1 aliphatic heterocycles. The van der Waals surface area contributed by atoms with Gasteiger partial charge >= 0.3 is 0 Å². The molecule has 1 amide bonds. The van der Waals surface area contributed by atoms with Crippen LogP contribution >= 0.6 is 11.6 Å². The fourth-order valence-corrected chi connectivity index (χ4v) is 1.74. The average Bonchev–Trinajstić information content (AvgIpc) is 2.63. The largest absolute Gasteiger partial charge is 0.354 e. The first-order chi connectivity index (χ1) is 7.25. The fourth-order valence-electron chi connectivity index (χ4n) is 1.55. The maximum Gasteiger partial charge on any atom is 0.221 e. The lowest BCUT2D eigenvalue weighted by atomic mass is 10.2. The highest BCUT2D eigenvalue weighted by atomic mass is 35.5. The van der Waals surface area contributed by atoms with E-state index in [0.29, 0.717) is 24.5 Å². The lowest BCUT2D eigenvalue weighted by Gasteiger charge is -2.10. The minimum absolute atomic E-state index is 0.105. The van der Waals surface area contributed by atoms with Crippen LogP contribution in [0.1, 0.15) is 12.0 Å². The van der Waals surface area contributed by atoms with E-state index in [9.17, 15) is 4.79 Å². The highest BCUT2D eigenvalue weighted by Crippen LogP contribution is 2.13. The van der Waals surface area contributed by atoms with Gasteiger partial charge in [-0.1, -0.05) is 11.6 Å². The van der Waals surface area contributed by atoms with Gasteiger partial charge in [-0.15, -0.1) is 0 Å². The summed E-state index contributed by atoms with van der Waals surface area (Å²) >= 11 is 5.95. The van der Waals surface area contributed by atoms with Crippen molar-refractivity contribution in [2.75, 3.05) is 6.54 Å². The Hall–Kier alpha value is -1.13. The van der Waals surface area contributed by atoms with Crippen molar-refractivity contribution in [3.8, 4) is 0 Å². The summed E-state index contributed by atoms with van der Waals surface area (Å²) in [6.07, 6.45) is 3.88. The molecule has 80 valence electrons. The SMILES string of the molecule is O=C1CC(NCc2ccncc2Cl)CN1. The van der Waals surface area contributed by atoms with Crippen LogP contribution in [0.2, 0.25) is 5.02 Å². The molecule has 1 aliphatic rings. The molecule has 15 heavy (non-hydrogen) atoms. The molecule has 0 aliphatic carbocycles. The molecule has 1 unspecified atom stereocenters. The number of nitrogens with one attached hydrogen (secondary N) is 2. The van der Waals surface area contributed by atoms with Crippen molar-refractivity contribution < 1.29 is 4.79 Å². The molecule has 1 aromatic rings. The molecule has 2 N–H and O–H groups in total. The first-order valence-electron chi connectivity index (χ1n) is 4.84. The fraction of sp³-hybridized carbons (Fsp3) is 0.400. The Labute approximate surface area is 93.0 Å². The Morgan fingerprint density at radius 1 is 1.67 bits per heavy atom. The van der Waals surface area contributed by atoms with E-state index in [-0.39, 0.29) is 11.9 Å². The van der Waals surface area contributed by atoms with Crippen molar-refractivity contribution >= 4 is 17.5 Å². The molecule has 1 atom stereocenters. The Balaban J connectivity index is 1.88. The smallest absolute Gasteiger partial charge is 0.221 e. The summed E-state index contributed by atoms with van der Waals surface area (Å²) < 4.78 is 0. The third-order valence-corrected chi connectivity index (χ3v) is 2.76.